The summed E-state index contributed by atoms with van der Waals surface area (Å²) in [5.74, 6) is -1.78. The number of benzene rings is 1. The number of halogens is 2. The first-order valence-corrected chi connectivity index (χ1v) is 7.01. The standard InChI is InChI=1S/C15H21F2NO/c1-2-4-11-5-3-6-14(18-11)15(19)10-7-8-12(16)13(17)9-10/h7-9,11,14-15,18-19H,2-6H2,1H3/t11-,14+,15+/m0/s1. The third kappa shape index (κ3) is 3.51. The van der Waals surface area contributed by atoms with Crippen molar-refractivity contribution < 1.29 is 13.9 Å². The minimum Gasteiger partial charge on any atom is -0.387 e. The largest absolute Gasteiger partial charge is 0.387 e. The van der Waals surface area contributed by atoms with Gasteiger partial charge in [0.25, 0.3) is 0 Å². The van der Waals surface area contributed by atoms with Crippen LogP contribution in [-0.2, 0) is 0 Å². The topological polar surface area (TPSA) is 32.3 Å². The molecule has 0 amide bonds. The molecule has 1 aromatic rings. The van der Waals surface area contributed by atoms with Crippen LogP contribution in [0.5, 0.6) is 0 Å². The molecule has 0 aromatic heterocycles. The molecule has 19 heavy (non-hydrogen) atoms. The quantitative estimate of drug-likeness (QED) is 0.879. The van der Waals surface area contributed by atoms with E-state index in [4.69, 9.17) is 0 Å². The number of rotatable bonds is 4. The van der Waals surface area contributed by atoms with Gasteiger partial charge >= 0.3 is 0 Å². The Morgan fingerprint density at radius 3 is 2.79 bits per heavy atom. The molecule has 1 aliphatic heterocycles. The van der Waals surface area contributed by atoms with Crippen LogP contribution in [0.3, 0.4) is 0 Å². The smallest absolute Gasteiger partial charge is 0.159 e. The first kappa shape index (κ1) is 14.4. The van der Waals surface area contributed by atoms with Gasteiger partial charge in [0.1, 0.15) is 0 Å². The molecule has 0 spiro atoms. The van der Waals surface area contributed by atoms with Crippen molar-refractivity contribution in [3.63, 3.8) is 0 Å². The van der Waals surface area contributed by atoms with Gasteiger partial charge in [-0.05, 0) is 37.0 Å². The summed E-state index contributed by atoms with van der Waals surface area (Å²) in [5.41, 5.74) is 0.438. The second-order valence-electron chi connectivity index (χ2n) is 5.31. The molecule has 1 aromatic carbocycles. The second kappa shape index (κ2) is 6.44. The normalized spacial score (nSPS) is 25.3. The molecule has 3 atom stereocenters. The van der Waals surface area contributed by atoms with Crippen LogP contribution >= 0.6 is 0 Å². The summed E-state index contributed by atoms with van der Waals surface area (Å²) in [6, 6.07) is 3.96. The molecular formula is C15H21F2NO. The molecule has 0 radical (unpaired) electrons. The number of aliphatic hydroxyl groups excluding tert-OH is 1. The Kier molecular flexibility index (Phi) is 4.88. The van der Waals surface area contributed by atoms with Crippen LogP contribution in [0.25, 0.3) is 0 Å². The first-order chi connectivity index (χ1) is 9.11. The van der Waals surface area contributed by atoms with Crippen LogP contribution in [0.2, 0.25) is 0 Å². The Balaban J connectivity index is 2.05. The molecule has 1 fully saturated rings. The lowest BCUT2D eigenvalue weighted by Crippen LogP contribution is -2.45. The van der Waals surface area contributed by atoms with E-state index in [1.165, 1.54) is 6.07 Å². The van der Waals surface area contributed by atoms with Crippen LogP contribution in [-0.4, -0.2) is 17.2 Å². The van der Waals surface area contributed by atoms with Crippen LogP contribution in [0, 0.1) is 11.6 Å². The molecule has 0 bridgehead atoms. The van der Waals surface area contributed by atoms with Gasteiger partial charge in [-0.1, -0.05) is 25.8 Å². The third-order valence-corrected chi connectivity index (χ3v) is 3.82. The highest BCUT2D eigenvalue weighted by Crippen LogP contribution is 2.26. The average molecular weight is 269 g/mol. The third-order valence-electron chi connectivity index (χ3n) is 3.82. The SMILES string of the molecule is CCC[C@H]1CCC[C@H]([C@H](O)c2ccc(F)c(F)c2)N1. The van der Waals surface area contributed by atoms with E-state index in [-0.39, 0.29) is 6.04 Å². The fraction of sp³-hybridized carbons (Fsp3) is 0.600. The molecule has 2 nitrogen and oxygen atoms in total. The lowest BCUT2D eigenvalue weighted by atomic mass is 9.90. The lowest BCUT2D eigenvalue weighted by molar-refractivity contribution is 0.0994. The minimum atomic E-state index is -0.905. The van der Waals surface area contributed by atoms with E-state index in [0.717, 1.165) is 44.2 Å². The molecule has 106 valence electrons. The maximum atomic E-state index is 13.2. The zero-order valence-electron chi connectivity index (χ0n) is 11.2. The van der Waals surface area contributed by atoms with Gasteiger partial charge in [-0.3, -0.25) is 0 Å². The molecule has 1 saturated heterocycles. The Morgan fingerprint density at radius 2 is 2.11 bits per heavy atom. The van der Waals surface area contributed by atoms with E-state index < -0.39 is 17.7 Å². The molecule has 4 heteroatoms. The molecular weight excluding hydrogens is 248 g/mol. The van der Waals surface area contributed by atoms with Gasteiger partial charge in [0.2, 0.25) is 0 Å². The van der Waals surface area contributed by atoms with E-state index in [1.54, 1.807) is 0 Å². The minimum absolute atomic E-state index is 0.0739. The number of hydrogen-bond acceptors (Lipinski definition) is 2. The van der Waals surface area contributed by atoms with Crippen molar-refractivity contribution in [1.29, 1.82) is 0 Å². The Labute approximate surface area is 112 Å². The zero-order chi connectivity index (χ0) is 13.8. The Morgan fingerprint density at radius 1 is 1.32 bits per heavy atom. The highest BCUT2D eigenvalue weighted by atomic mass is 19.2. The number of aliphatic hydroxyl groups is 1. The molecule has 2 N–H and O–H groups in total. The van der Waals surface area contributed by atoms with Crippen molar-refractivity contribution in [2.75, 3.05) is 0 Å². The maximum absolute atomic E-state index is 13.2. The summed E-state index contributed by atoms with van der Waals surface area (Å²) in [6.07, 6.45) is 4.44. The number of nitrogens with one attached hydrogen (secondary N) is 1. The van der Waals surface area contributed by atoms with Gasteiger partial charge < -0.3 is 10.4 Å². The van der Waals surface area contributed by atoms with Crippen molar-refractivity contribution in [2.45, 2.75) is 57.2 Å². The fourth-order valence-corrected chi connectivity index (χ4v) is 2.81. The summed E-state index contributed by atoms with van der Waals surface area (Å²) in [4.78, 5) is 0. The first-order valence-electron chi connectivity index (χ1n) is 7.01. The molecule has 0 unspecified atom stereocenters. The van der Waals surface area contributed by atoms with Crippen LogP contribution in [0.4, 0.5) is 8.78 Å². The maximum Gasteiger partial charge on any atom is 0.159 e. The monoisotopic (exact) mass is 269 g/mol. The predicted molar refractivity (Wildman–Crippen MR) is 70.8 cm³/mol. The molecule has 1 aliphatic rings. The summed E-state index contributed by atoms with van der Waals surface area (Å²) < 4.78 is 26.1. The van der Waals surface area contributed by atoms with Crippen molar-refractivity contribution in [2.24, 2.45) is 0 Å². The van der Waals surface area contributed by atoms with Gasteiger partial charge in [-0.15, -0.1) is 0 Å². The molecule has 1 heterocycles. The number of hydrogen-bond donors (Lipinski definition) is 2. The summed E-state index contributed by atoms with van der Waals surface area (Å²) in [5, 5.41) is 13.7. The lowest BCUT2D eigenvalue weighted by Gasteiger charge is -2.34. The van der Waals surface area contributed by atoms with Crippen molar-refractivity contribution in [1.82, 2.24) is 5.32 Å². The summed E-state index contributed by atoms with van der Waals surface area (Å²) in [6.45, 7) is 2.14. The van der Waals surface area contributed by atoms with Crippen molar-refractivity contribution >= 4 is 0 Å². The highest BCUT2D eigenvalue weighted by Gasteiger charge is 2.27. The van der Waals surface area contributed by atoms with E-state index >= 15 is 0 Å². The summed E-state index contributed by atoms with van der Waals surface area (Å²) >= 11 is 0. The summed E-state index contributed by atoms with van der Waals surface area (Å²) in [7, 11) is 0. The molecule has 0 saturated carbocycles. The average Bonchev–Trinajstić information content (AvgIpc) is 2.42. The highest BCUT2D eigenvalue weighted by molar-refractivity contribution is 5.21. The van der Waals surface area contributed by atoms with Crippen molar-refractivity contribution in [3.8, 4) is 0 Å². The fourth-order valence-electron chi connectivity index (χ4n) is 2.81. The van der Waals surface area contributed by atoms with Gasteiger partial charge in [-0.25, -0.2) is 8.78 Å². The molecule has 0 aliphatic carbocycles. The van der Waals surface area contributed by atoms with Gasteiger partial charge in [0.15, 0.2) is 11.6 Å². The van der Waals surface area contributed by atoms with Gasteiger partial charge in [0.05, 0.1) is 6.10 Å². The predicted octanol–water partition coefficient (Wildman–Crippen LogP) is 3.31. The van der Waals surface area contributed by atoms with E-state index in [1.807, 2.05) is 0 Å². The second-order valence-corrected chi connectivity index (χ2v) is 5.31. The van der Waals surface area contributed by atoms with E-state index in [9.17, 15) is 13.9 Å². The Hall–Kier alpha value is -1.00. The van der Waals surface area contributed by atoms with E-state index in [0.29, 0.717) is 11.6 Å². The van der Waals surface area contributed by atoms with E-state index in [2.05, 4.69) is 12.2 Å². The van der Waals surface area contributed by atoms with Crippen LogP contribution in [0.15, 0.2) is 18.2 Å². The molecule has 2 rings (SSSR count). The number of piperidine rings is 1. The van der Waals surface area contributed by atoms with Crippen LogP contribution < -0.4 is 5.32 Å². The zero-order valence-corrected chi connectivity index (χ0v) is 11.2. The van der Waals surface area contributed by atoms with Crippen LogP contribution in [0.1, 0.15) is 50.7 Å². The van der Waals surface area contributed by atoms with Gasteiger partial charge in [0, 0.05) is 12.1 Å². The van der Waals surface area contributed by atoms with Gasteiger partial charge in [-0.2, -0.15) is 0 Å². The van der Waals surface area contributed by atoms with Crippen molar-refractivity contribution in [3.05, 3.63) is 35.4 Å². The Bertz CT molecular complexity index is 423.